The molecule has 0 atom stereocenters. The first kappa shape index (κ1) is 12.2. The molecule has 1 heterocycles. The molecular formula is C8H5F3INO2. The normalized spacial score (nSPS) is 10.7. The van der Waals surface area contributed by atoms with E-state index in [0.717, 1.165) is 6.20 Å². The van der Waals surface area contributed by atoms with E-state index in [0.29, 0.717) is 0 Å². The van der Waals surface area contributed by atoms with Gasteiger partial charge in [-0.2, -0.15) is 0 Å². The topological polar surface area (TPSA) is 50.2 Å². The highest BCUT2D eigenvalue weighted by Crippen LogP contribution is 2.27. The van der Waals surface area contributed by atoms with Gasteiger partial charge in [-0.3, -0.25) is 4.79 Å². The molecule has 0 saturated heterocycles. The Kier molecular flexibility index (Phi) is 3.89. The lowest BCUT2D eigenvalue weighted by molar-refractivity contribution is -0.136. The van der Waals surface area contributed by atoms with E-state index in [4.69, 9.17) is 5.11 Å². The minimum atomic E-state index is -3.05. The van der Waals surface area contributed by atoms with E-state index in [1.807, 2.05) is 0 Å². The van der Waals surface area contributed by atoms with E-state index in [2.05, 4.69) is 4.98 Å². The minimum Gasteiger partial charge on any atom is -0.481 e. The lowest BCUT2D eigenvalue weighted by atomic mass is 10.1. The van der Waals surface area contributed by atoms with Gasteiger partial charge in [0.1, 0.15) is 3.70 Å². The highest BCUT2D eigenvalue weighted by molar-refractivity contribution is 14.1. The van der Waals surface area contributed by atoms with Crippen LogP contribution < -0.4 is 0 Å². The molecular weight excluding hydrogens is 326 g/mol. The van der Waals surface area contributed by atoms with Crippen molar-refractivity contribution in [3.8, 4) is 0 Å². The van der Waals surface area contributed by atoms with Crippen molar-refractivity contribution in [3.05, 3.63) is 26.8 Å². The van der Waals surface area contributed by atoms with Crippen LogP contribution in [-0.4, -0.2) is 16.1 Å². The maximum absolute atomic E-state index is 13.2. The molecule has 7 heteroatoms. The molecule has 0 amide bonds. The van der Waals surface area contributed by atoms with E-state index >= 15 is 0 Å². The minimum absolute atomic E-state index is 0.197. The molecule has 0 bridgehead atoms. The van der Waals surface area contributed by atoms with Crippen LogP contribution in [0.3, 0.4) is 0 Å². The fourth-order valence-electron chi connectivity index (χ4n) is 1.05. The third-order valence-electron chi connectivity index (χ3n) is 1.66. The first-order valence-corrected chi connectivity index (χ1v) is 4.84. The summed E-state index contributed by atoms with van der Waals surface area (Å²) in [5.41, 5.74) is -1.17. The highest BCUT2D eigenvalue weighted by Gasteiger charge is 2.22. The molecule has 1 aromatic rings. The summed E-state index contributed by atoms with van der Waals surface area (Å²) >= 11 is 1.47. The highest BCUT2D eigenvalue weighted by atomic mass is 127. The Labute approximate surface area is 96.5 Å². The van der Waals surface area contributed by atoms with Crippen molar-refractivity contribution in [2.45, 2.75) is 12.8 Å². The van der Waals surface area contributed by atoms with Crippen molar-refractivity contribution in [2.75, 3.05) is 0 Å². The number of carbonyl (C=O) groups is 1. The maximum atomic E-state index is 13.2. The van der Waals surface area contributed by atoms with Gasteiger partial charge in [-0.1, -0.05) is 0 Å². The fourth-order valence-corrected chi connectivity index (χ4v) is 1.48. The van der Waals surface area contributed by atoms with Crippen molar-refractivity contribution in [1.29, 1.82) is 0 Å². The number of pyridine rings is 1. The lowest BCUT2D eigenvalue weighted by Crippen LogP contribution is -2.08. The van der Waals surface area contributed by atoms with Crippen molar-refractivity contribution in [3.63, 3.8) is 0 Å². The van der Waals surface area contributed by atoms with Gasteiger partial charge < -0.3 is 5.11 Å². The van der Waals surface area contributed by atoms with E-state index in [-0.39, 0.29) is 9.26 Å². The van der Waals surface area contributed by atoms with Gasteiger partial charge in [-0.25, -0.2) is 18.2 Å². The molecule has 0 aliphatic carbocycles. The number of nitrogens with zero attached hydrogens (tertiary/aromatic N) is 1. The van der Waals surface area contributed by atoms with Gasteiger partial charge in [0, 0.05) is 6.20 Å². The summed E-state index contributed by atoms with van der Waals surface area (Å²) in [6, 6.07) is 0. The van der Waals surface area contributed by atoms with Gasteiger partial charge in [0.2, 0.25) is 0 Å². The van der Waals surface area contributed by atoms with Crippen molar-refractivity contribution >= 4 is 28.6 Å². The Morgan fingerprint density at radius 2 is 2.20 bits per heavy atom. The Bertz CT molecular complexity index is 398. The zero-order chi connectivity index (χ0) is 11.6. The molecule has 0 fully saturated rings. The molecule has 0 saturated carbocycles. The Balaban J connectivity index is 3.26. The predicted molar refractivity (Wildman–Crippen MR) is 53.2 cm³/mol. The fraction of sp³-hybridized carbons (Fsp3) is 0.250. The summed E-state index contributed by atoms with van der Waals surface area (Å²) in [5.74, 6) is -2.45. The number of hydrogen-bond donors (Lipinski definition) is 1. The molecule has 82 valence electrons. The number of aliphatic carboxylic acids is 1. The van der Waals surface area contributed by atoms with Crippen LogP contribution >= 0.6 is 22.6 Å². The van der Waals surface area contributed by atoms with Gasteiger partial charge >= 0.3 is 5.97 Å². The third-order valence-corrected chi connectivity index (χ3v) is 2.41. The van der Waals surface area contributed by atoms with Crippen LogP contribution in [-0.2, 0) is 11.2 Å². The first-order chi connectivity index (χ1) is 6.93. The van der Waals surface area contributed by atoms with Crippen LogP contribution in [0.1, 0.15) is 17.6 Å². The number of hydrogen-bond acceptors (Lipinski definition) is 2. The molecule has 0 aliphatic rings. The van der Waals surface area contributed by atoms with Gasteiger partial charge in [0.15, 0.2) is 5.82 Å². The molecule has 0 radical (unpaired) electrons. The molecule has 0 spiro atoms. The van der Waals surface area contributed by atoms with Crippen molar-refractivity contribution < 1.29 is 23.1 Å². The smallest absolute Gasteiger partial charge is 0.307 e. The van der Waals surface area contributed by atoms with Gasteiger partial charge in [-0.05, 0) is 28.2 Å². The molecule has 1 rings (SSSR count). The van der Waals surface area contributed by atoms with Crippen LogP contribution in [0.25, 0.3) is 0 Å². The molecule has 0 unspecified atom stereocenters. The summed E-state index contributed by atoms with van der Waals surface area (Å²) in [5, 5.41) is 8.44. The van der Waals surface area contributed by atoms with Crippen molar-refractivity contribution in [1.82, 2.24) is 4.98 Å². The molecule has 0 aliphatic heterocycles. The molecule has 15 heavy (non-hydrogen) atoms. The number of aromatic nitrogens is 1. The number of carboxylic acids is 1. The zero-order valence-corrected chi connectivity index (χ0v) is 9.33. The number of alkyl halides is 2. The third kappa shape index (κ3) is 2.80. The number of carboxylic acid groups (broad SMARTS) is 1. The Morgan fingerprint density at radius 3 is 2.67 bits per heavy atom. The average molecular weight is 331 g/mol. The monoisotopic (exact) mass is 331 g/mol. The molecule has 1 N–H and O–H groups in total. The number of halogens is 4. The SMILES string of the molecule is O=C(O)Cc1cnc(I)c(F)c1C(F)F. The van der Waals surface area contributed by atoms with Gasteiger partial charge in [0.25, 0.3) is 6.43 Å². The number of rotatable bonds is 3. The maximum Gasteiger partial charge on any atom is 0.307 e. The largest absolute Gasteiger partial charge is 0.481 e. The molecule has 3 nitrogen and oxygen atoms in total. The van der Waals surface area contributed by atoms with Crippen LogP contribution in [0.2, 0.25) is 0 Å². The average Bonchev–Trinajstić information content (AvgIpc) is 2.10. The second-order valence-electron chi connectivity index (χ2n) is 2.67. The summed E-state index contributed by atoms with van der Waals surface area (Å²) in [4.78, 5) is 13.8. The second-order valence-corrected chi connectivity index (χ2v) is 3.69. The molecule has 1 aromatic heterocycles. The predicted octanol–water partition coefficient (Wildman–Crippen LogP) is 2.39. The molecule has 0 aromatic carbocycles. The quantitative estimate of drug-likeness (QED) is 0.684. The van der Waals surface area contributed by atoms with E-state index in [1.54, 1.807) is 0 Å². The van der Waals surface area contributed by atoms with Gasteiger partial charge in [0.05, 0.1) is 12.0 Å². The van der Waals surface area contributed by atoms with Crippen molar-refractivity contribution in [2.24, 2.45) is 0 Å². The van der Waals surface area contributed by atoms with Gasteiger partial charge in [-0.15, -0.1) is 0 Å². The van der Waals surface area contributed by atoms with E-state index in [9.17, 15) is 18.0 Å². The second kappa shape index (κ2) is 4.77. The summed E-state index contributed by atoms with van der Waals surface area (Å²) in [6.07, 6.45) is -2.75. The Morgan fingerprint density at radius 1 is 1.60 bits per heavy atom. The van der Waals surface area contributed by atoms with Crippen LogP contribution in [0.4, 0.5) is 13.2 Å². The first-order valence-electron chi connectivity index (χ1n) is 3.76. The van der Waals surface area contributed by atoms with Crippen LogP contribution in [0, 0.1) is 9.52 Å². The van der Waals surface area contributed by atoms with E-state index < -0.39 is 30.2 Å². The van der Waals surface area contributed by atoms with E-state index in [1.165, 1.54) is 22.6 Å². The zero-order valence-electron chi connectivity index (χ0n) is 7.18. The Hall–Kier alpha value is -0.860. The summed E-state index contributed by atoms with van der Waals surface area (Å²) < 4.78 is 37.9. The summed E-state index contributed by atoms with van der Waals surface area (Å²) in [7, 11) is 0. The lowest BCUT2D eigenvalue weighted by Gasteiger charge is -2.08. The standard InChI is InChI=1S/C8H5F3INO2/c9-6-5(7(10)11)3(1-4(14)15)2-13-8(6)12/h2,7H,1H2,(H,14,15). The van der Waals surface area contributed by atoms with Crippen LogP contribution in [0.15, 0.2) is 6.20 Å². The van der Waals surface area contributed by atoms with Crippen LogP contribution in [0.5, 0.6) is 0 Å². The summed E-state index contributed by atoms with van der Waals surface area (Å²) in [6.45, 7) is 0.